The van der Waals surface area contributed by atoms with Crippen molar-refractivity contribution in [3.8, 4) is 0 Å². The van der Waals surface area contributed by atoms with Gasteiger partial charge < -0.3 is 20.1 Å². The summed E-state index contributed by atoms with van der Waals surface area (Å²) < 4.78 is 0. The van der Waals surface area contributed by atoms with E-state index in [-0.39, 0.29) is 5.91 Å². The van der Waals surface area contributed by atoms with Crippen LogP contribution in [0, 0.1) is 0 Å². The molecule has 0 aliphatic carbocycles. The molecule has 31 heavy (non-hydrogen) atoms. The number of nitrogens with zero attached hydrogens (tertiary/aromatic N) is 4. The number of hydrogen-bond acceptors (Lipinski definition) is 5. The van der Waals surface area contributed by atoms with Gasteiger partial charge in [-0.05, 0) is 44.5 Å². The average Bonchev–Trinajstić information content (AvgIpc) is 3.20. The van der Waals surface area contributed by atoms with E-state index >= 15 is 0 Å². The molecule has 2 aromatic heterocycles. The monoisotopic (exact) mass is 418 g/mol. The summed E-state index contributed by atoms with van der Waals surface area (Å²) in [7, 11) is 4.09. The zero-order chi connectivity index (χ0) is 21.4. The lowest BCUT2D eigenvalue weighted by Gasteiger charge is -2.32. The summed E-state index contributed by atoms with van der Waals surface area (Å²) in [6, 6.07) is 8.13. The van der Waals surface area contributed by atoms with Gasteiger partial charge in [0.05, 0.1) is 18.7 Å². The summed E-state index contributed by atoms with van der Waals surface area (Å²) in [6.45, 7) is 3.39. The van der Waals surface area contributed by atoms with Crippen molar-refractivity contribution in [3.05, 3.63) is 53.1 Å². The van der Waals surface area contributed by atoms with E-state index in [9.17, 15) is 4.79 Å². The van der Waals surface area contributed by atoms with Crippen LogP contribution < -0.4 is 5.32 Å². The van der Waals surface area contributed by atoms with Gasteiger partial charge in [-0.2, -0.15) is 0 Å². The first-order valence-corrected chi connectivity index (χ1v) is 11.2. The predicted octanol–water partition coefficient (Wildman–Crippen LogP) is 2.94. The van der Waals surface area contributed by atoms with Crippen LogP contribution in [-0.4, -0.2) is 64.4 Å². The van der Waals surface area contributed by atoms with E-state index < -0.39 is 0 Å². The lowest BCUT2D eigenvalue weighted by molar-refractivity contribution is -0.131. The number of piperidine rings is 1. The van der Waals surface area contributed by atoms with Crippen molar-refractivity contribution in [1.82, 2.24) is 24.8 Å². The number of likely N-dealkylation sites (N-methyl/N-ethyl adjacent to an activating group) is 1. The van der Waals surface area contributed by atoms with Crippen LogP contribution in [0.4, 0.5) is 5.82 Å². The van der Waals surface area contributed by atoms with Crippen molar-refractivity contribution in [2.45, 2.75) is 38.1 Å². The highest BCUT2D eigenvalue weighted by Crippen LogP contribution is 2.30. The Morgan fingerprint density at radius 2 is 2.13 bits per heavy atom. The van der Waals surface area contributed by atoms with E-state index in [1.54, 1.807) is 0 Å². The Morgan fingerprint density at radius 1 is 1.26 bits per heavy atom. The van der Waals surface area contributed by atoms with Gasteiger partial charge in [0.25, 0.3) is 0 Å². The largest absolute Gasteiger partial charge is 0.373 e. The summed E-state index contributed by atoms with van der Waals surface area (Å²) in [5.41, 5.74) is 4.28. The molecule has 2 aliphatic rings. The number of carbonyl (C=O) groups is 1. The summed E-state index contributed by atoms with van der Waals surface area (Å²) in [5, 5.41) is 4.40. The third kappa shape index (κ3) is 3.90. The van der Waals surface area contributed by atoms with Crippen molar-refractivity contribution >= 4 is 22.6 Å². The van der Waals surface area contributed by atoms with E-state index in [1.165, 1.54) is 6.42 Å². The first-order valence-electron chi connectivity index (χ1n) is 11.2. The maximum atomic E-state index is 13.1. The first kappa shape index (κ1) is 20.0. The van der Waals surface area contributed by atoms with Crippen LogP contribution >= 0.6 is 0 Å². The molecule has 162 valence electrons. The second kappa shape index (κ2) is 8.30. The molecule has 1 aromatic carbocycles. The molecule has 7 nitrogen and oxygen atoms in total. The number of fused-ring (bicyclic) bond motifs is 2. The van der Waals surface area contributed by atoms with Gasteiger partial charge in [-0.25, -0.2) is 9.97 Å². The van der Waals surface area contributed by atoms with E-state index in [0.29, 0.717) is 25.4 Å². The summed E-state index contributed by atoms with van der Waals surface area (Å²) in [6.07, 6.45) is 5.44. The van der Waals surface area contributed by atoms with Crippen LogP contribution in [-0.2, 0) is 24.2 Å². The predicted molar refractivity (Wildman–Crippen MR) is 122 cm³/mol. The molecule has 1 fully saturated rings. The highest BCUT2D eigenvalue weighted by atomic mass is 16.2. The van der Waals surface area contributed by atoms with Crippen molar-refractivity contribution < 1.29 is 4.79 Å². The van der Waals surface area contributed by atoms with E-state index in [4.69, 9.17) is 9.97 Å². The standard InChI is InChI=1S/C24H30N6O/c1-25-24-19-9-11-30(22(31)12-17-13-26-20-8-4-3-7-18(17)20)15-21(19)27-23(28-24)16-6-5-10-29(2)14-16/h3-4,7-8,13,16,26H,5-6,9-12,14-15H2,1-2H3,(H,25,27,28)/t16-/m0/s1. The second-order valence-electron chi connectivity index (χ2n) is 8.81. The molecule has 0 bridgehead atoms. The molecular formula is C24H30N6O. The van der Waals surface area contributed by atoms with E-state index in [1.807, 2.05) is 36.3 Å². The third-order valence-electron chi connectivity index (χ3n) is 6.68. The Labute approximate surface area is 182 Å². The fourth-order valence-corrected chi connectivity index (χ4v) is 4.98. The van der Waals surface area contributed by atoms with Crippen LogP contribution in [0.15, 0.2) is 30.5 Å². The Bertz CT molecular complexity index is 1110. The van der Waals surface area contributed by atoms with Crippen molar-refractivity contribution in [2.24, 2.45) is 0 Å². The summed E-state index contributed by atoms with van der Waals surface area (Å²) in [5.74, 6) is 2.35. The lowest BCUT2D eigenvalue weighted by atomic mass is 9.96. The molecule has 2 N–H and O–H groups in total. The minimum absolute atomic E-state index is 0.152. The number of carbonyl (C=O) groups excluding carboxylic acids is 1. The maximum absolute atomic E-state index is 13.1. The number of para-hydroxylation sites is 1. The number of benzene rings is 1. The van der Waals surface area contributed by atoms with Gasteiger partial charge in [0, 0.05) is 48.7 Å². The Hall–Kier alpha value is -2.93. The zero-order valence-corrected chi connectivity index (χ0v) is 18.3. The summed E-state index contributed by atoms with van der Waals surface area (Å²) in [4.78, 5) is 30.6. The fourth-order valence-electron chi connectivity index (χ4n) is 4.98. The highest BCUT2D eigenvalue weighted by molar-refractivity contribution is 5.89. The van der Waals surface area contributed by atoms with Crippen LogP contribution in [0.25, 0.3) is 10.9 Å². The summed E-state index contributed by atoms with van der Waals surface area (Å²) >= 11 is 0. The molecule has 1 amide bonds. The average molecular weight is 419 g/mol. The number of rotatable bonds is 4. The number of aromatic amines is 1. The van der Waals surface area contributed by atoms with Crippen LogP contribution in [0.2, 0.25) is 0 Å². The number of likely N-dealkylation sites (tertiary alicyclic amines) is 1. The molecule has 5 rings (SSSR count). The van der Waals surface area contributed by atoms with Crippen LogP contribution in [0.3, 0.4) is 0 Å². The molecule has 0 radical (unpaired) electrons. The number of amides is 1. The first-order chi connectivity index (χ1) is 15.1. The minimum Gasteiger partial charge on any atom is -0.373 e. The molecule has 0 saturated carbocycles. The van der Waals surface area contributed by atoms with Crippen molar-refractivity contribution in [1.29, 1.82) is 0 Å². The van der Waals surface area contributed by atoms with Gasteiger partial charge in [0.15, 0.2) is 0 Å². The third-order valence-corrected chi connectivity index (χ3v) is 6.68. The van der Waals surface area contributed by atoms with Gasteiger partial charge in [-0.3, -0.25) is 4.79 Å². The molecule has 1 saturated heterocycles. The molecule has 3 aromatic rings. The molecule has 2 aliphatic heterocycles. The maximum Gasteiger partial charge on any atom is 0.227 e. The molecular weight excluding hydrogens is 388 g/mol. The van der Waals surface area contributed by atoms with E-state index in [0.717, 1.165) is 65.3 Å². The minimum atomic E-state index is 0.152. The fraction of sp³-hybridized carbons (Fsp3) is 0.458. The molecule has 0 spiro atoms. The second-order valence-corrected chi connectivity index (χ2v) is 8.81. The Morgan fingerprint density at radius 3 is 2.97 bits per heavy atom. The highest BCUT2D eigenvalue weighted by Gasteiger charge is 2.28. The number of aromatic nitrogens is 3. The lowest BCUT2D eigenvalue weighted by Crippen LogP contribution is -2.38. The number of hydrogen-bond donors (Lipinski definition) is 2. The van der Waals surface area contributed by atoms with Gasteiger partial charge in [0.2, 0.25) is 5.91 Å². The van der Waals surface area contributed by atoms with Crippen molar-refractivity contribution in [2.75, 3.05) is 39.0 Å². The quantitative estimate of drug-likeness (QED) is 0.681. The number of H-pyrrole nitrogens is 1. The van der Waals surface area contributed by atoms with Gasteiger partial charge in [-0.15, -0.1) is 0 Å². The smallest absolute Gasteiger partial charge is 0.227 e. The van der Waals surface area contributed by atoms with E-state index in [2.05, 4.69) is 28.3 Å². The normalized spacial score (nSPS) is 19.4. The van der Waals surface area contributed by atoms with Gasteiger partial charge in [0.1, 0.15) is 11.6 Å². The van der Waals surface area contributed by atoms with Gasteiger partial charge >= 0.3 is 0 Å². The number of nitrogens with one attached hydrogen (secondary N) is 2. The van der Waals surface area contributed by atoms with Crippen LogP contribution in [0.5, 0.6) is 0 Å². The van der Waals surface area contributed by atoms with Crippen LogP contribution in [0.1, 0.15) is 41.4 Å². The molecule has 4 heterocycles. The Kier molecular flexibility index (Phi) is 5.36. The Balaban J connectivity index is 1.37. The van der Waals surface area contributed by atoms with Gasteiger partial charge in [-0.1, -0.05) is 18.2 Å². The molecule has 1 atom stereocenters. The topological polar surface area (TPSA) is 77.2 Å². The molecule has 7 heteroatoms. The SMILES string of the molecule is CNc1nc([C@H]2CCCN(C)C2)nc2c1CCN(C(=O)Cc1c[nH]c3ccccc13)C2. The number of anilines is 1. The zero-order valence-electron chi connectivity index (χ0n) is 18.3. The molecule has 0 unspecified atom stereocenters. The van der Waals surface area contributed by atoms with Crippen molar-refractivity contribution in [3.63, 3.8) is 0 Å².